The molecule has 0 saturated heterocycles. The number of amides is 1. The number of aryl methyl sites for hydroxylation is 1. The summed E-state index contributed by atoms with van der Waals surface area (Å²) in [6.07, 6.45) is 4.36. The minimum absolute atomic E-state index is 0.0177. The highest BCUT2D eigenvalue weighted by Gasteiger charge is 2.29. The van der Waals surface area contributed by atoms with Crippen molar-refractivity contribution in [1.82, 2.24) is 34.5 Å². The number of nitrogens with one attached hydrogen (secondary N) is 1. The van der Waals surface area contributed by atoms with Crippen LogP contribution < -0.4 is 4.90 Å². The fourth-order valence-electron chi connectivity index (χ4n) is 5.99. The molecule has 1 aromatic carbocycles. The highest BCUT2D eigenvalue weighted by molar-refractivity contribution is 6.06. The maximum absolute atomic E-state index is 12.1. The lowest BCUT2D eigenvalue weighted by Gasteiger charge is -2.14. The molecule has 0 bridgehead atoms. The first kappa shape index (κ1) is 26.3. The second-order valence-corrected chi connectivity index (χ2v) is 11.9. The van der Waals surface area contributed by atoms with Crippen molar-refractivity contribution in [3.8, 4) is 11.5 Å². The monoisotopic (exact) mass is 561 g/mol. The Labute approximate surface area is 244 Å². The fourth-order valence-corrected chi connectivity index (χ4v) is 5.99. The zero-order chi connectivity index (χ0) is 29.3. The van der Waals surface area contributed by atoms with E-state index in [1.807, 2.05) is 34.7 Å². The van der Waals surface area contributed by atoms with Gasteiger partial charge in [-0.05, 0) is 56.2 Å². The summed E-state index contributed by atoms with van der Waals surface area (Å²) in [6.45, 7) is 11.5. The number of aromatic amines is 1. The van der Waals surface area contributed by atoms with Crippen LogP contribution in [-0.4, -0.2) is 52.7 Å². The topological polar surface area (TPSA) is 110 Å². The van der Waals surface area contributed by atoms with Crippen LogP contribution in [-0.2, 0) is 18.4 Å². The van der Waals surface area contributed by atoms with Crippen molar-refractivity contribution in [3.63, 3.8) is 0 Å². The van der Waals surface area contributed by atoms with Gasteiger partial charge < -0.3 is 4.98 Å². The Morgan fingerprint density at radius 3 is 2.60 bits per heavy atom. The molecule has 0 spiro atoms. The molecule has 1 N–H and O–H groups in total. The fraction of sp³-hybridized carbons (Fsp3) is 0.375. The molecule has 10 heteroatoms. The molecule has 5 aromatic rings. The van der Waals surface area contributed by atoms with E-state index in [1.54, 1.807) is 11.8 Å². The minimum atomic E-state index is 0.0177. The quantitative estimate of drug-likeness (QED) is 0.262. The second-order valence-electron chi connectivity index (χ2n) is 11.9. The predicted octanol–water partition coefficient (Wildman–Crippen LogP) is 5.85. The number of nitrogens with zero attached hydrogens (tertiary/aromatic N) is 8. The Bertz CT molecular complexity index is 1950. The first-order valence-corrected chi connectivity index (χ1v) is 14.6. The molecular formula is C32H35N9O. The van der Waals surface area contributed by atoms with Crippen LogP contribution in [0.5, 0.6) is 0 Å². The maximum atomic E-state index is 12.1. The molecule has 1 fully saturated rings. The van der Waals surface area contributed by atoms with E-state index >= 15 is 0 Å². The minimum Gasteiger partial charge on any atom is -0.337 e. The predicted molar refractivity (Wildman–Crippen MR) is 165 cm³/mol. The molecule has 214 valence electrons. The molecule has 7 rings (SSSR count). The molecule has 1 saturated carbocycles. The molecule has 1 amide bonds. The highest BCUT2D eigenvalue weighted by atomic mass is 16.2. The Kier molecular flexibility index (Phi) is 6.11. The van der Waals surface area contributed by atoms with E-state index < -0.39 is 0 Å². The number of benzene rings is 1. The molecule has 42 heavy (non-hydrogen) atoms. The molecule has 0 radical (unpaired) electrons. The summed E-state index contributed by atoms with van der Waals surface area (Å²) in [5.74, 6) is 2.26. The molecule has 5 heterocycles. The number of fused-ring (bicyclic) bond motifs is 3. The van der Waals surface area contributed by atoms with E-state index in [1.165, 1.54) is 18.4 Å². The number of hydrogen-bond donors (Lipinski definition) is 1. The smallest absolute Gasteiger partial charge is 0.225 e. The third kappa shape index (κ3) is 4.42. The van der Waals surface area contributed by atoms with Crippen molar-refractivity contribution in [2.24, 2.45) is 18.0 Å². The summed E-state index contributed by atoms with van der Waals surface area (Å²) in [6, 6.07) is 10.3. The van der Waals surface area contributed by atoms with Gasteiger partial charge in [0.1, 0.15) is 11.5 Å². The lowest BCUT2D eigenvalue weighted by molar-refractivity contribution is -0.116. The first-order valence-electron chi connectivity index (χ1n) is 14.6. The summed E-state index contributed by atoms with van der Waals surface area (Å²) < 4.78 is 3.68. The Morgan fingerprint density at radius 2 is 1.86 bits per heavy atom. The Hall–Kier alpha value is -4.60. The number of hydrogen-bond acceptors (Lipinski definition) is 6. The van der Waals surface area contributed by atoms with Crippen molar-refractivity contribution in [3.05, 3.63) is 58.9 Å². The van der Waals surface area contributed by atoms with Crippen molar-refractivity contribution >= 4 is 45.2 Å². The van der Waals surface area contributed by atoms with Crippen LogP contribution in [0.1, 0.15) is 70.2 Å². The second kappa shape index (κ2) is 9.75. The van der Waals surface area contributed by atoms with E-state index in [-0.39, 0.29) is 11.8 Å². The number of carbonyl (C=O) groups is 1. The average molecular weight is 562 g/mol. The standard InChI is InChI=1S/C32H35N9O/c1-17(2)28-24(14-22-16-39(6)38-31(22)35-28)19(4)33-29(18(3)21-10-11-21)23-8-7-9-25-30(23)36-32(34-25)26-15-27-40(20(5)42)12-13-41(27)37-26/h7-9,14-17,21H,10-13H2,1-6H3,(H,34,36)/b29-18+,33-19?. The van der Waals surface area contributed by atoms with Crippen LogP contribution in [0.15, 0.2) is 47.1 Å². The lowest BCUT2D eigenvalue weighted by atomic mass is 9.98. The van der Waals surface area contributed by atoms with Crippen molar-refractivity contribution in [1.29, 1.82) is 0 Å². The Balaban J connectivity index is 1.35. The van der Waals surface area contributed by atoms with Gasteiger partial charge in [0.2, 0.25) is 5.91 Å². The highest BCUT2D eigenvalue weighted by Crippen LogP contribution is 2.42. The molecular weight excluding hydrogens is 526 g/mol. The SMILES string of the molecule is CC(=O)N1CCn2nc(-c3nc4c(/C(N=C(C)c5cc6cn(C)nc6nc5C(C)C)=C(/C)C5CC5)cccc4[nH]3)cc21. The van der Waals surface area contributed by atoms with Gasteiger partial charge in [0.05, 0.1) is 29.0 Å². The lowest BCUT2D eigenvalue weighted by Crippen LogP contribution is -2.25. The van der Waals surface area contributed by atoms with E-state index in [4.69, 9.17) is 20.1 Å². The van der Waals surface area contributed by atoms with Gasteiger partial charge in [-0.3, -0.25) is 19.4 Å². The number of pyridine rings is 1. The first-order chi connectivity index (χ1) is 20.2. The van der Waals surface area contributed by atoms with E-state index in [2.05, 4.69) is 56.0 Å². The van der Waals surface area contributed by atoms with Crippen molar-refractivity contribution < 1.29 is 4.79 Å². The summed E-state index contributed by atoms with van der Waals surface area (Å²) in [5, 5.41) is 10.3. The largest absolute Gasteiger partial charge is 0.337 e. The summed E-state index contributed by atoms with van der Waals surface area (Å²) in [4.78, 5) is 32.7. The number of allylic oxidation sites excluding steroid dienone is 1. The number of imidazole rings is 1. The van der Waals surface area contributed by atoms with E-state index in [0.29, 0.717) is 24.8 Å². The van der Waals surface area contributed by atoms with Crippen LogP contribution in [0, 0.1) is 5.92 Å². The van der Waals surface area contributed by atoms with Crippen molar-refractivity contribution in [2.75, 3.05) is 11.4 Å². The van der Waals surface area contributed by atoms with Crippen LogP contribution >= 0.6 is 0 Å². The number of carbonyl (C=O) groups excluding carboxylic acids is 1. The van der Waals surface area contributed by atoms with Gasteiger partial charge in [-0.25, -0.2) is 14.6 Å². The van der Waals surface area contributed by atoms with Crippen LogP contribution in [0.25, 0.3) is 39.3 Å². The number of aliphatic imine (C=N–C) groups is 1. The van der Waals surface area contributed by atoms with Gasteiger partial charge in [-0.15, -0.1) is 0 Å². The number of aromatic nitrogens is 7. The van der Waals surface area contributed by atoms with Crippen LogP contribution in [0.3, 0.4) is 0 Å². The molecule has 1 aliphatic heterocycles. The molecule has 2 aliphatic rings. The van der Waals surface area contributed by atoms with Gasteiger partial charge in [0.15, 0.2) is 11.5 Å². The van der Waals surface area contributed by atoms with Crippen LogP contribution in [0.4, 0.5) is 5.82 Å². The normalized spacial score (nSPS) is 16.2. The van der Waals surface area contributed by atoms with Gasteiger partial charge in [-0.1, -0.05) is 26.0 Å². The van der Waals surface area contributed by atoms with Crippen molar-refractivity contribution in [2.45, 2.75) is 59.9 Å². The van der Waals surface area contributed by atoms with E-state index in [9.17, 15) is 4.79 Å². The number of rotatable bonds is 6. The van der Waals surface area contributed by atoms with Crippen LogP contribution in [0.2, 0.25) is 0 Å². The molecule has 10 nitrogen and oxygen atoms in total. The summed E-state index contributed by atoms with van der Waals surface area (Å²) >= 11 is 0. The van der Waals surface area contributed by atoms with E-state index in [0.717, 1.165) is 61.8 Å². The number of anilines is 1. The third-order valence-electron chi connectivity index (χ3n) is 8.38. The van der Waals surface area contributed by atoms with Gasteiger partial charge in [0, 0.05) is 55.0 Å². The van der Waals surface area contributed by atoms with Gasteiger partial charge >= 0.3 is 0 Å². The molecule has 0 atom stereocenters. The van der Waals surface area contributed by atoms with Gasteiger partial charge in [-0.2, -0.15) is 10.2 Å². The molecule has 1 aliphatic carbocycles. The Morgan fingerprint density at radius 1 is 1.05 bits per heavy atom. The summed E-state index contributed by atoms with van der Waals surface area (Å²) in [5.41, 5.74) is 9.48. The number of para-hydroxylation sites is 1. The average Bonchev–Trinajstić information content (AvgIpc) is 3.24. The maximum Gasteiger partial charge on any atom is 0.225 e. The number of H-pyrrole nitrogens is 1. The molecule has 0 unspecified atom stereocenters. The summed E-state index contributed by atoms with van der Waals surface area (Å²) in [7, 11) is 1.92. The zero-order valence-electron chi connectivity index (χ0n) is 24.9. The zero-order valence-corrected chi connectivity index (χ0v) is 24.9. The molecule has 4 aromatic heterocycles. The third-order valence-corrected chi connectivity index (χ3v) is 8.38. The van der Waals surface area contributed by atoms with Gasteiger partial charge in [0.25, 0.3) is 0 Å².